The summed E-state index contributed by atoms with van der Waals surface area (Å²) < 4.78 is 27.9. The van der Waals surface area contributed by atoms with Crippen molar-refractivity contribution in [2.75, 3.05) is 24.9 Å². The smallest absolute Gasteiger partial charge is 0.264 e. The summed E-state index contributed by atoms with van der Waals surface area (Å²) in [6, 6.07) is 8.81. The van der Waals surface area contributed by atoms with Gasteiger partial charge in [0.25, 0.3) is 10.0 Å². The van der Waals surface area contributed by atoms with Crippen LogP contribution in [0.1, 0.15) is 12.8 Å². The van der Waals surface area contributed by atoms with Crippen LogP contribution in [0.2, 0.25) is 8.67 Å². The Hall–Kier alpha value is -0.440. The van der Waals surface area contributed by atoms with Crippen molar-refractivity contribution >= 4 is 62.0 Å². The first kappa shape index (κ1) is 19.3. The number of hydrogen-bond acceptors (Lipinski definition) is 5. The Labute approximate surface area is 166 Å². The molecular formula is C16H18Cl2N2O2S3. The van der Waals surface area contributed by atoms with E-state index in [0.29, 0.717) is 15.3 Å². The van der Waals surface area contributed by atoms with Crippen LogP contribution in [0.15, 0.2) is 40.1 Å². The summed E-state index contributed by atoms with van der Waals surface area (Å²) in [5, 5.41) is 0.616. The van der Waals surface area contributed by atoms with Crippen LogP contribution in [0, 0.1) is 0 Å². The van der Waals surface area contributed by atoms with Crippen LogP contribution in [0.5, 0.6) is 0 Å². The lowest BCUT2D eigenvalue weighted by Crippen LogP contribution is -2.31. The number of sulfonamides is 1. The van der Waals surface area contributed by atoms with Crippen molar-refractivity contribution in [1.29, 1.82) is 0 Å². The van der Waals surface area contributed by atoms with Crippen molar-refractivity contribution in [2.24, 2.45) is 0 Å². The molecule has 1 N–H and O–H groups in total. The van der Waals surface area contributed by atoms with Gasteiger partial charge >= 0.3 is 0 Å². The Morgan fingerprint density at radius 2 is 1.84 bits per heavy atom. The minimum Gasteiger partial charge on any atom is -0.306 e. The lowest BCUT2D eigenvalue weighted by molar-refractivity contribution is 0.282. The van der Waals surface area contributed by atoms with E-state index in [4.69, 9.17) is 23.2 Å². The Kier molecular flexibility index (Phi) is 6.23. The van der Waals surface area contributed by atoms with Crippen molar-refractivity contribution in [3.63, 3.8) is 0 Å². The average Bonchev–Trinajstić information content (AvgIpc) is 2.91. The Balaban J connectivity index is 1.65. The van der Waals surface area contributed by atoms with Crippen molar-refractivity contribution in [3.8, 4) is 0 Å². The number of piperidine rings is 1. The number of anilines is 1. The minimum atomic E-state index is -3.74. The highest BCUT2D eigenvalue weighted by molar-refractivity contribution is 8.00. The van der Waals surface area contributed by atoms with Gasteiger partial charge in [-0.05, 0) is 63.3 Å². The highest BCUT2D eigenvalue weighted by atomic mass is 35.5. The molecule has 1 aliphatic rings. The van der Waals surface area contributed by atoms with E-state index in [2.05, 4.69) is 16.7 Å². The maximum absolute atomic E-state index is 12.4. The molecule has 2 aromatic rings. The largest absolute Gasteiger partial charge is 0.306 e. The van der Waals surface area contributed by atoms with Crippen molar-refractivity contribution < 1.29 is 8.42 Å². The van der Waals surface area contributed by atoms with Crippen molar-refractivity contribution in [3.05, 3.63) is 39.0 Å². The molecule has 0 amide bonds. The zero-order valence-electron chi connectivity index (χ0n) is 13.5. The van der Waals surface area contributed by atoms with Crippen LogP contribution < -0.4 is 4.72 Å². The number of nitrogens with one attached hydrogen (secondary N) is 1. The van der Waals surface area contributed by atoms with Crippen LogP contribution in [0.3, 0.4) is 0 Å². The molecule has 0 radical (unpaired) electrons. The Morgan fingerprint density at radius 3 is 2.40 bits per heavy atom. The number of nitrogens with zero attached hydrogens (tertiary/aromatic N) is 1. The summed E-state index contributed by atoms with van der Waals surface area (Å²) in [7, 11) is -1.59. The standard InChI is InChI=1S/C16H18Cl2N2O2S3/c1-20-8-6-13(7-9-20)23-12-4-2-11(3-5-12)19-25(21,22)14-10-15(17)24-16(14)18/h2-5,10,13,19H,6-9H2,1H3. The predicted octanol–water partition coefficient (Wildman–Crippen LogP) is 5.04. The molecule has 1 fully saturated rings. The fourth-order valence-electron chi connectivity index (χ4n) is 2.62. The highest BCUT2D eigenvalue weighted by Gasteiger charge is 2.21. The van der Waals surface area contributed by atoms with Gasteiger partial charge in [-0.2, -0.15) is 0 Å². The van der Waals surface area contributed by atoms with Gasteiger partial charge in [-0.15, -0.1) is 23.1 Å². The molecule has 1 aromatic carbocycles. The average molecular weight is 437 g/mol. The van der Waals surface area contributed by atoms with Crippen molar-refractivity contribution in [2.45, 2.75) is 27.9 Å². The molecule has 0 bridgehead atoms. The van der Waals surface area contributed by atoms with Crippen LogP contribution in [0.4, 0.5) is 5.69 Å². The molecule has 0 saturated carbocycles. The minimum absolute atomic E-state index is 0.00828. The molecule has 1 aliphatic heterocycles. The van der Waals surface area contributed by atoms with Gasteiger partial charge in [-0.25, -0.2) is 8.42 Å². The quantitative estimate of drug-likeness (QED) is 0.712. The second kappa shape index (κ2) is 8.06. The fourth-order valence-corrected chi connectivity index (χ4v) is 6.95. The second-order valence-corrected chi connectivity index (χ2v) is 11.2. The predicted molar refractivity (Wildman–Crippen MR) is 108 cm³/mol. The molecule has 136 valence electrons. The van der Waals surface area contributed by atoms with Gasteiger partial charge in [-0.1, -0.05) is 23.2 Å². The number of halogens is 2. The highest BCUT2D eigenvalue weighted by Crippen LogP contribution is 2.35. The third-order valence-corrected chi connectivity index (χ3v) is 8.47. The van der Waals surface area contributed by atoms with E-state index in [9.17, 15) is 8.42 Å². The number of rotatable bonds is 5. The van der Waals surface area contributed by atoms with E-state index in [1.165, 1.54) is 18.9 Å². The Bertz CT molecular complexity index is 830. The molecule has 3 rings (SSSR count). The molecule has 1 aromatic heterocycles. The van der Waals surface area contributed by atoms with Gasteiger partial charge < -0.3 is 4.90 Å². The third-order valence-electron chi connectivity index (χ3n) is 3.99. The topological polar surface area (TPSA) is 49.4 Å². The van der Waals surface area contributed by atoms with E-state index in [-0.39, 0.29) is 9.23 Å². The number of hydrogen-bond donors (Lipinski definition) is 1. The van der Waals surface area contributed by atoms with E-state index in [0.717, 1.165) is 29.3 Å². The van der Waals surface area contributed by atoms with Gasteiger partial charge in [0.15, 0.2) is 0 Å². The first-order valence-electron chi connectivity index (χ1n) is 7.76. The summed E-state index contributed by atoms with van der Waals surface area (Å²) in [6.07, 6.45) is 2.35. The zero-order chi connectivity index (χ0) is 18.0. The maximum atomic E-state index is 12.4. The number of likely N-dealkylation sites (tertiary alicyclic amines) is 1. The molecule has 0 atom stereocenters. The molecule has 4 nitrogen and oxygen atoms in total. The second-order valence-electron chi connectivity index (χ2n) is 5.94. The van der Waals surface area contributed by atoms with E-state index < -0.39 is 10.0 Å². The molecule has 2 heterocycles. The lowest BCUT2D eigenvalue weighted by Gasteiger charge is -2.28. The van der Waals surface area contributed by atoms with E-state index in [1.54, 1.807) is 12.1 Å². The zero-order valence-corrected chi connectivity index (χ0v) is 17.5. The first-order valence-corrected chi connectivity index (χ1v) is 11.7. The number of thioether (sulfide) groups is 1. The summed E-state index contributed by atoms with van der Waals surface area (Å²) in [6.45, 7) is 2.25. The van der Waals surface area contributed by atoms with Gasteiger partial charge in [-0.3, -0.25) is 4.72 Å². The van der Waals surface area contributed by atoms with Crippen molar-refractivity contribution in [1.82, 2.24) is 4.90 Å². The molecule has 9 heteroatoms. The molecule has 0 unspecified atom stereocenters. The summed E-state index contributed by atoms with van der Waals surface area (Å²) in [5.41, 5.74) is 0.506. The van der Waals surface area contributed by atoms with Crippen LogP contribution >= 0.6 is 46.3 Å². The molecular weight excluding hydrogens is 419 g/mol. The summed E-state index contributed by atoms with van der Waals surface area (Å²) >= 11 is 14.7. The van der Waals surface area contributed by atoms with E-state index >= 15 is 0 Å². The summed E-state index contributed by atoms with van der Waals surface area (Å²) in [5.74, 6) is 0. The fraction of sp³-hybridized carbons (Fsp3) is 0.375. The van der Waals surface area contributed by atoms with Crippen LogP contribution in [-0.4, -0.2) is 38.7 Å². The molecule has 25 heavy (non-hydrogen) atoms. The molecule has 0 spiro atoms. The van der Waals surface area contributed by atoms with Gasteiger partial charge in [0, 0.05) is 15.8 Å². The Morgan fingerprint density at radius 1 is 1.20 bits per heavy atom. The molecule has 0 aliphatic carbocycles. The normalized spacial score (nSPS) is 16.9. The lowest BCUT2D eigenvalue weighted by atomic mass is 10.1. The summed E-state index contributed by atoms with van der Waals surface area (Å²) in [4.78, 5) is 3.50. The SMILES string of the molecule is CN1CCC(Sc2ccc(NS(=O)(=O)c3cc(Cl)sc3Cl)cc2)CC1. The van der Waals surface area contributed by atoms with Gasteiger partial charge in [0.2, 0.25) is 0 Å². The molecule has 1 saturated heterocycles. The first-order chi connectivity index (χ1) is 11.8. The monoisotopic (exact) mass is 436 g/mol. The van der Waals surface area contributed by atoms with Crippen LogP contribution in [0.25, 0.3) is 0 Å². The van der Waals surface area contributed by atoms with Gasteiger partial charge in [0.1, 0.15) is 9.23 Å². The third kappa shape index (κ3) is 5.05. The van der Waals surface area contributed by atoms with Crippen LogP contribution in [-0.2, 0) is 10.0 Å². The maximum Gasteiger partial charge on any atom is 0.264 e. The van der Waals surface area contributed by atoms with E-state index in [1.807, 2.05) is 23.9 Å². The number of benzene rings is 1. The van der Waals surface area contributed by atoms with Gasteiger partial charge in [0.05, 0.1) is 4.34 Å². The number of thiophene rings is 1.